The van der Waals surface area contributed by atoms with Gasteiger partial charge < -0.3 is 4.74 Å². The van der Waals surface area contributed by atoms with Gasteiger partial charge in [-0.15, -0.1) is 17.8 Å². The molecule has 0 N–H and O–H groups in total. The first-order valence-electron chi connectivity index (χ1n) is 9.82. The number of likely N-dealkylation sites (tertiary alicyclic amines) is 1. The van der Waals surface area contributed by atoms with Crippen LogP contribution in [0.5, 0.6) is 0 Å². The van der Waals surface area contributed by atoms with E-state index in [0.717, 1.165) is 44.8 Å². The Morgan fingerprint density at radius 2 is 2.00 bits per heavy atom. The van der Waals surface area contributed by atoms with Crippen LogP contribution in [-0.2, 0) is 4.74 Å². The number of amides is 1. The first-order valence-corrected chi connectivity index (χ1v) is 10.6. The number of fused-ring (bicyclic) bond motifs is 1. The highest BCUT2D eigenvalue weighted by Crippen LogP contribution is 2.40. The summed E-state index contributed by atoms with van der Waals surface area (Å²) in [5.74, 6) is 2.81. The normalized spacial score (nSPS) is 16.8. The molecule has 1 fully saturated rings. The Bertz CT molecular complexity index is 1100. The zero-order valence-electron chi connectivity index (χ0n) is 16.9. The predicted octanol–water partition coefficient (Wildman–Crippen LogP) is 6.02. The molecule has 1 aromatic heterocycles. The van der Waals surface area contributed by atoms with Crippen LogP contribution in [0.25, 0.3) is 22.0 Å². The fourth-order valence-electron chi connectivity index (χ4n) is 3.75. The number of hydrogen-bond donors (Lipinski definition) is 0. The second kappa shape index (κ2) is 7.53. The maximum absolute atomic E-state index is 12.7. The molecule has 1 atom stereocenters. The minimum absolute atomic E-state index is 0.0920. The number of thiazole rings is 1. The van der Waals surface area contributed by atoms with Crippen molar-refractivity contribution in [3.8, 4) is 23.6 Å². The molecule has 3 aromatic rings. The second-order valence-corrected chi connectivity index (χ2v) is 9.26. The van der Waals surface area contributed by atoms with Crippen LogP contribution in [0.2, 0.25) is 0 Å². The number of terminal acetylenes is 1. The minimum Gasteiger partial charge on any atom is -0.444 e. The van der Waals surface area contributed by atoms with Crippen molar-refractivity contribution in [3.63, 3.8) is 0 Å². The number of aromatic nitrogens is 1. The van der Waals surface area contributed by atoms with Crippen molar-refractivity contribution >= 4 is 28.2 Å². The van der Waals surface area contributed by atoms with E-state index in [9.17, 15) is 4.79 Å². The molecule has 2 heterocycles. The third kappa shape index (κ3) is 3.86. The Morgan fingerprint density at radius 3 is 2.76 bits per heavy atom. The van der Waals surface area contributed by atoms with Crippen molar-refractivity contribution in [2.45, 2.75) is 45.3 Å². The van der Waals surface area contributed by atoms with Gasteiger partial charge in [-0.2, -0.15) is 0 Å². The van der Waals surface area contributed by atoms with Crippen LogP contribution in [0.4, 0.5) is 4.79 Å². The van der Waals surface area contributed by atoms with Gasteiger partial charge in [-0.1, -0.05) is 48.4 Å². The third-order valence-corrected chi connectivity index (χ3v) is 6.07. The molecule has 0 unspecified atom stereocenters. The Hall–Kier alpha value is -2.84. The Labute approximate surface area is 175 Å². The molecular weight excluding hydrogens is 380 g/mol. The summed E-state index contributed by atoms with van der Waals surface area (Å²) in [5.41, 5.74) is 1.33. The zero-order valence-corrected chi connectivity index (χ0v) is 17.8. The van der Waals surface area contributed by atoms with Gasteiger partial charge in [-0.05, 0) is 44.4 Å². The lowest BCUT2D eigenvalue weighted by molar-refractivity contribution is 0.0224. The van der Waals surface area contributed by atoms with E-state index in [0.29, 0.717) is 6.54 Å². The molecular formula is C24H24N2O2S. The largest absolute Gasteiger partial charge is 0.444 e. The summed E-state index contributed by atoms with van der Waals surface area (Å²) in [6, 6.07) is 14.3. The summed E-state index contributed by atoms with van der Waals surface area (Å²) in [5, 5.41) is 3.15. The van der Waals surface area contributed by atoms with Gasteiger partial charge >= 0.3 is 6.09 Å². The Kier molecular flexibility index (Phi) is 5.06. The third-order valence-electron chi connectivity index (χ3n) is 4.99. The molecule has 4 rings (SSSR count). The van der Waals surface area contributed by atoms with Crippen LogP contribution < -0.4 is 0 Å². The number of nitrogens with zero attached hydrogens (tertiary/aromatic N) is 2. The monoisotopic (exact) mass is 404 g/mol. The molecule has 0 spiro atoms. The van der Waals surface area contributed by atoms with Gasteiger partial charge in [-0.3, -0.25) is 4.90 Å². The van der Waals surface area contributed by atoms with E-state index in [4.69, 9.17) is 16.1 Å². The van der Waals surface area contributed by atoms with Gasteiger partial charge in [0.05, 0.1) is 11.7 Å². The summed E-state index contributed by atoms with van der Waals surface area (Å²) in [4.78, 5) is 20.2. The fourth-order valence-corrected chi connectivity index (χ4v) is 4.79. The highest BCUT2D eigenvalue weighted by molar-refractivity contribution is 7.12. The van der Waals surface area contributed by atoms with Crippen molar-refractivity contribution in [1.29, 1.82) is 0 Å². The highest BCUT2D eigenvalue weighted by atomic mass is 32.1. The number of benzene rings is 2. The van der Waals surface area contributed by atoms with Crippen molar-refractivity contribution in [2.24, 2.45) is 0 Å². The minimum atomic E-state index is -0.523. The van der Waals surface area contributed by atoms with E-state index in [1.54, 1.807) is 4.90 Å². The predicted molar refractivity (Wildman–Crippen MR) is 118 cm³/mol. The van der Waals surface area contributed by atoms with Gasteiger partial charge in [-0.25, -0.2) is 9.78 Å². The summed E-state index contributed by atoms with van der Waals surface area (Å²) in [7, 11) is 0. The SMILES string of the molecule is C#Cc1sc([C@@H]2CCCN2C(=O)OC(C)(C)C)nc1-c1cccc2ccccc12. The summed E-state index contributed by atoms with van der Waals surface area (Å²) in [6.45, 7) is 6.32. The number of ether oxygens (including phenoxy) is 1. The van der Waals surface area contributed by atoms with Gasteiger partial charge in [0, 0.05) is 12.1 Å². The molecule has 0 aliphatic carbocycles. The fraction of sp³-hybridized carbons (Fsp3) is 0.333. The van der Waals surface area contributed by atoms with E-state index < -0.39 is 5.60 Å². The smallest absolute Gasteiger partial charge is 0.410 e. The maximum atomic E-state index is 12.7. The number of carbonyl (C=O) groups excluding carboxylic acids is 1. The summed E-state index contributed by atoms with van der Waals surface area (Å²) < 4.78 is 5.60. The summed E-state index contributed by atoms with van der Waals surface area (Å²) in [6.07, 6.45) is 7.35. The zero-order chi connectivity index (χ0) is 20.6. The molecule has 148 valence electrons. The number of carbonyl (C=O) groups is 1. The molecule has 0 saturated carbocycles. The van der Waals surface area contributed by atoms with Crippen molar-refractivity contribution < 1.29 is 9.53 Å². The quantitative estimate of drug-likeness (QED) is 0.491. The average molecular weight is 405 g/mol. The molecule has 1 aliphatic rings. The lowest BCUT2D eigenvalue weighted by Gasteiger charge is -2.27. The van der Waals surface area contributed by atoms with E-state index in [1.807, 2.05) is 39.0 Å². The van der Waals surface area contributed by atoms with Crippen LogP contribution in [0.3, 0.4) is 0 Å². The molecule has 1 aliphatic heterocycles. The van der Waals surface area contributed by atoms with Gasteiger partial charge in [0.15, 0.2) is 0 Å². The lowest BCUT2D eigenvalue weighted by atomic mass is 10.0. The first-order chi connectivity index (χ1) is 13.9. The molecule has 0 bridgehead atoms. The second-order valence-electron chi connectivity index (χ2n) is 8.23. The topological polar surface area (TPSA) is 42.4 Å². The molecule has 5 heteroatoms. The van der Waals surface area contributed by atoms with Crippen LogP contribution in [-0.4, -0.2) is 28.1 Å². The number of rotatable bonds is 2. The van der Waals surface area contributed by atoms with Gasteiger partial charge in [0.25, 0.3) is 0 Å². The van der Waals surface area contributed by atoms with Crippen LogP contribution in [0, 0.1) is 12.3 Å². The van der Waals surface area contributed by atoms with E-state index in [2.05, 4.69) is 30.2 Å². The average Bonchev–Trinajstić information content (AvgIpc) is 3.33. The molecule has 29 heavy (non-hydrogen) atoms. The standard InChI is InChI=1S/C24H24N2O2S/c1-5-20-21(18-13-8-11-16-10-6-7-12-17(16)18)25-22(29-20)19-14-9-15-26(19)23(27)28-24(2,3)4/h1,6-8,10-13,19H,9,14-15H2,2-4H3/t19-/m0/s1. The molecule has 1 amide bonds. The Balaban J connectivity index is 1.73. The van der Waals surface area contributed by atoms with Crippen LogP contribution in [0.1, 0.15) is 49.5 Å². The van der Waals surface area contributed by atoms with E-state index >= 15 is 0 Å². The molecule has 0 radical (unpaired) electrons. The van der Waals surface area contributed by atoms with E-state index in [-0.39, 0.29) is 12.1 Å². The van der Waals surface area contributed by atoms with Crippen molar-refractivity contribution in [3.05, 3.63) is 52.3 Å². The first kappa shape index (κ1) is 19.5. The maximum Gasteiger partial charge on any atom is 0.410 e. The molecule has 4 nitrogen and oxygen atoms in total. The van der Waals surface area contributed by atoms with Crippen LogP contribution in [0.15, 0.2) is 42.5 Å². The van der Waals surface area contributed by atoms with Gasteiger partial charge in [0.1, 0.15) is 15.5 Å². The van der Waals surface area contributed by atoms with Crippen molar-refractivity contribution in [2.75, 3.05) is 6.54 Å². The van der Waals surface area contributed by atoms with E-state index in [1.165, 1.54) is 11.3 Å². The number of hydrogen-bond acceptors (Lipinski definition) is 4. The molecule has 1 saturated heterocycles. The van der Waals surface area contributed by atoms with Gasteiger partial charge in [0.2, 0.25) is 0 Å². The van der Waals surface area contributed by atoms with Crippen molar-refractivity contribution in [1.82, 2.24) is 9.88 Å². The molecule has 2 aromatic carbocycles. The summed E-state index contributed by atoms with van der Waals surface area (Å²) >= 11 is 1.50. The lowest BCUT2D eigenvalue weighted by Crippen LogP contribution is -2.36. The highest BCUT2D eigenvalue weighted by Gasteiger charge is 2.35. The Morgan fingerprint density at radius 1 is 1.24 bits per heavy atom. The van der Waals surface area contributed by atoms with Crippen LogP contribution >= 0.6 is 11.3 Å².